The Balaban J connectivity index is 3.66. The van der Waals surface area contributed by atoms with Gasteiger partial charge in [0.15, 0.2) is 0 Å². The van der Waals surface area contributed by atoms with Gasteiger partial charge in [0.1, 0.15) is 0 Å². The molecule has 0 spiro atoms. The molecule has 0 bridgehead atoms. The normalized spacial score (nSPS) is 15.7. The highest BCUT2D eigenvalue weighted by atomic mass is 16.5. The van der Waals surface area contributed by atoms with E-state index in [1.165, 1.54) is 19.3 Å². The van der Waals surface area contributed by atoms with Gasteiger partial charge >= 0.3 is 0 Å². The molecule has 3 nitrogen and oxygen atoms in total. The second-order valence-corrected chi connectivity index (χ2v) is 5.14. The Morgan fingerprint density at radius 3 is 2.47 bits per heavy atom. The van der Waals surface area contributed by atoms with Gasteiger partial charge in [-0.3, -0.25) is 0 Å². The summed E-state index contributed by atoms with van der Waals surface area (Å²) in [5, 5.41) is 12.9. The Morgan fingerprint density at radius 1 is 1.21 bits per heavy atom. The zero-order valence-electron chi connectivity index (χ0n) is 12.8. The molecule has 112 valence electrons. The van der Waals surface area contributed by atoms with E-state index in [4.69, 9.17) is 11.2 Å². The smallest absolute Gasteiger partial charge is 0.0898 e. The van der Waals surface area contributed by atoms with Crippen molar-refractivity contribution in [1.82, 2.24) is 5.32 Å². The number of hydrogen-bond donors (Lipinski definition) is 2. The fourth-order valence-electron chi connectivity index (χ4n) is 1.93. The third-order valence-electron chi connectivity index (χ3n) is 3.42. The topological polar surface area (TPSA) is 41.5 Å². The van der Waals surface area contributed by atoms with Crippen LogP contribution in [-0.4, -0.2) is 37.0 Å². The van der Waals surface area contributed by atoms with E-state index in [0.29, 0.717) is 19.1 Å². The summed E-state index contributed by atoms with van der Waals surface area (Å²) in [6.07, 6.45) is 10.6. The zero-order chi connectivity index (χ0) is 14.5. The van der Waals surface area contributed by atoms with Crippen LogP contribution in [0.5, 0.6) is 0 Å². The highest BCUT2D eigenvalue weighted by Crippen LogP contribution is 2.12. The first-order chi connectivity index (χ1) is 9.17. The SMILES string of the molecule is C#CC(CC)NCC(O)COCC(CC)CCCC. The number of terminal acetylenes is 1. The number of unbranched alkanes of at least 4 members (excludes halogenated alkanes) is 1. The van der Waals surface area contributed by atoms with Crippen LogP contribution in [0, 0.1) is 18.3 Å². The second-order valence-electron chi connectivity index (χ2n) is 5.14. The number of hydrogen-bond acceptors (Lipinski definition) is 3. The molecular weight excluding hydrogens is 238 g/mol. The predicted molar refractivity (Wildman–Crippen MR) is 81.0 cm³/mol. The quantitative estimate of drug-likeness (QED) is 0.535. The first-order valence-corrected chi connectivity index (χ1v) is 7.63. The molecule has 3 unspecified atom stereocenters. The van der Waals surface area contributed by atoms with Gasteiger partial charge in [-0.15, -0.1) is 6.42 Å². The molecule has 3 atom stereocenters. The Kier molecular flexibility index (Phi) is 12.1. The van der Waals surface area contributed by atoms with Gasteiger partial charge in [-0.2, -0.15) is 0 Å². The summed E-state index contributed by atoms with van der Waals surface area (Å²) in [7, 11) is 0. The predicted octanol–water partition coefficient (Wildman–Crippen LogP) is 2.58. The monoisotopic (exact) mass is 269 g/mol. The average molecular weight is 269 g/mol. The van der Waals surface area contributed by atoms with Gasteiger partial charge in [0.05, 0.1) is 18.8 Å². The highest BCUT2D eigenvalue weighted by molar-refractivity contribution is 4.97. The summed E-state index contributed by atoms with van der Waals surface area (Å²) in [4.78, 5) is 0. The molecular formula is C16H31NO2. The van der Waals surface area contributed by atoms with E-state index in [1.807, 2.05) is 6.92 Å². The maximum absolute atomic E-state index is 9.79. The van der Waals surface area contributed by atoms with Gasteiger partial charge in [-0.05, 0) is 18.8 Å². The lowest BCUT2D eigenvalue weighted by Crippen LogP contribution is -2.36. The molecule has 0 rings (SSSR count). The van der Waals surface area contributed by atoms with Gasteiger partial charge < -0.3 is 15.2 Å². The van der Waals surface area contributed by atoms with Crippen LogP contribution >= 0.6 is 0 Å². The summed E-state index contributed by atoms with van der Waals surface area (Å²) in [5.74, 6) is 3.27. The van der Waals surface area contributed by atoms with Crippen LogP contribution in [0.25, 0.3) is 0 Å². The fraction of sp³-hybridized carbons (Fsp3) is 0.875. The van der Waals surface area contributed by atoms with Crippen molar-refractivity contribution in [2.75, 3.05) is 19.8 Å². The van der Waals surface area contributed by atoms with Crippen LogP contribution in [0.1, 0.15) is 52.9 Å². The van der Waals surface area contributed by atoms with Crippen molar-refractivity contribution < 1.29 is 9.84 Å². The number of aliphatic hydroxyl groups is 1. The van der Waals surface area contributed by atoms with E-state index in [0.717, 1.165) is 19.4 Å². The molecule has 19 heavy (non-hydrogen) atoms. The van der Waals surface area contributed by atoms with E-state index in [-0.39, 0.29) is 6.04 Å². The minimum atomic E-state index is -0.480. The van der Waals surface area contributed by atoms with Gasteiger partial charge in [0.25, 0.3) is 0 Å². The van der Waals surface area contributed by atoms with E-state index >= 15 is 0 Å². The Morgan fingerprint density at radius 2 is 1.95 bits per heavy atom. The first kappa shape index (κ1) is 18.4. The van der Waals surface area contributed by atoms with Crippen molar-refractivity contribution in [1.29, 1.82) is 0 Å². The zero-order valence-corrected chi connectivity index (χ0v) is 12.8. The molecule has 0 aromatic rings. The molecule has 2 N–H and O–H groups in total. The second kappa shape index (κ2) is 12.5. The van der Waals surface area contributed by atoms with E-state index in [2.05, 4.69) is 25.1 Å². The summed E-state index contributed by atoms with van der Waals surface area (Å²) in [6.45, 7) is 8.06. The minimum absolute atomic E-state index is 0.0441. The minimum Gasteiger partial charge on any atom is -0.389 e. The van der Waals surface area contributed by atoms with Crippen LogP contribution in [0.4, 0.5) is 0 Å². The standard InChI is InChI=1S/C16H31NO2/c1-5-9-10-14(6-2)12-19-13-16(18)11-17-15(7-3)8-4/h3,14-18H,5-6,8-13H2,1-2,4H3. The Hall–Kier alpha value is -0.560. The van der Waals surface area contributed by atoms with Crippen LogP contribution in [0.2, 0.25) is 0 Å². The number of aliphatic hydroxyl groups excluding tert-OH is 1. The average Bonchev–Trinajstić information content (AvgIpc) is 2.43. The molecule has 0 aliphatic carbocycles. The van der Waals surface area contributed by atoms with Crippen molar-refractivity contribution in [3.05, 3.63) is 0 Å². The summed E-state index contributed by atoms with van der Waals surface area (Å²) in [6, 6.07) is 0.0441. The van der Waals surface area contributed by atoms with Crippen molar-refractivity contribution in [2.24, 2.45) is 5.92 Å². The fourth-order valence-corrected chi connectivity index (χ4v) is 1.93. The molecule has 0 aromatic heterocycles. The van der Waals surface area contributed by atoms with E-state index in [1.54, 1.807) is 0 Å². The van der Waals surface area contributed by atoms with Crippen molar-refractivity contribution in [2.45, 2.75) is 65.0 Å². The van der Waals surface area contributed by atoms with E-state index in [9.17, 15) is 5.11 Å². The lowest BCUT2D eigenvalue weighted by Gasteiger charge is -2.18. The first-order valence-electron chi connectivity index (χ1n) is 7.63. The van der Waals surface area contributed by atoms with Gasteiger partial charge in [-0.1, -0.05) is 46.0 Å². The summed E-state index contributed by atoms with van der Waals surface area (Å²) >= 11 is 0. The van der Waals surface area contributed by atoms with Gasteiger partial charge in [0, 0.05) is 13.2 Å². The van der Waals surface area contributed by atoms with Crippen LogP contribution in [0.3, 0.4) is 0 Å². The van der Waals surface area contributed by atoms with Crippen molar-refractivity contribution >= 4 is 0 Å². The molecule has 0 heterocycles. The Labute approximate surface area is 119 Å². The largest absolute Gasteiger partial charge is 0.389 e. The van der Waals surface area contributed by atoms with Gasteiger partial charge in [-0.25, -0.2) is 0 Å². The molecule has 0 saturated heterocycles. The summed E-state index contributed by atoms with van der Waals surface area (Å²) in [5.41, 5.74) is 0. The molecule has 0 saturated carbocycles. The maximum atomic E-state index is 9.79. The van der Waals surface area contributed by atoms with Gasteiger partial charge in [0.2, 0.25) is 0 Å². The third kappa shape index (κ3) is 9.95. The molecule has 3 heteroatoms. The summed E-state index contributed by atoms with van der Waals surface area (Å²) < 4.78 is 5.60. The highest BCUT2D eigenvalue weighted by Gasteiger charge is 2.10. The number of nitrogens with one attached hydrogen (secondary N) is 1. The molecule has 0 aliphatic rings. The number of ether oxygens (including phenoxy) is 1. The molecule has 0 radical (unpaired) electrons. The molecule has 0 aromatic carbocycles. The Bertz CT molecular complexity index is 237. The lowest BCUT2D eigenvalue weighted by molar-refractivity contribution is 0.0188. The van der Waals surface area contributed by atoms with E-state index < -0.39 is 6.10 Å². The lowest BCUT2D eigenvalue weighted by atomic mass is 10.0. The molecule has 0 amide bonds. The third-order valence-corrected chi connectivity index (χ3v) is 3.42. The molecule has 0 fully saturated rings. The maximum Gasteiger partial charge on any atom is 0.0898 e. The van der Waals surface area contributed by atoms with Crippen LogP contribution in [-0.2, 0) is 4.74 Å². The van der Waals surface area contributed by atoms with Crippen molar-refractivity contribution in [3.63, 3.8) is 0 Å². The number of rotatable bonds is 12. The van der Waals surface area contributed by atoms with Crippen LogP contribution < -0.4 is 5.32 Å². The van der Waals surface area contributed by atoms with Crippen LogP contribution in [0.15, 0.2) is 0 Å². The van der Waals surface area contributed by atoms with Crippen molar-refractivity contribution in [3.8, 4) is 12.3 Å². The molecule has 0 aliphatic heterocycles.